The summed E-state index contributed by atoms with van der Waals surface area (Å²) in [5.41, 5.74) is 0.630. The Bertz CT molecular complexity index is 1410. The van der Waals surface area contributed by atoms with E-state index in [-0.39, 0.29) is 18.8 Å². The van der Waals surface area contributed by atoms with Gasteiger partial charge < -0.3 is 5.32 Å². The van der Waals surface area contributed by atoms with Crippen LogP contribution in [0.1, 0.15) is 27.2 Å². The molecule has 0 spiro atoms. The zero-order valence-corrected chi connectivity index (χ0v) is 17.7. The molecule has 4 rings (SSSR count). The third kappa shape index (κ3) is 4.93. The molecule has 2 aromatic heterocycles. The number of aromatic nitrogens is 4. The third-order valence-corrected chi connectivity index (χ3v) is 4.95. The molecule has 0 aliphatic carbocycles. The molecular weight excluding hydrogens is 425 g/mol. The molecule has 0 saturated heterocycles. The van der Waals surface area contributed by atoms with Gasteiger partial charge in [-0.05, 0) is 48.4 Å². The molecule has 0 radical (unpaired) electrons. The standard InChI is InChI=1S/C24H20FN5O3/c1-16-4-2-5-17(12-16)15-29-23(32)21(22(31)27-14-18-6-3-11-26-13-18)28-30(24(29)33)20-9-7-19(25)8-10-20/h2-13H,14-15H2,1H3,(H,27,31). The number of halogens is 1. The fourth-order valence-corrected chi connectivity index (χ4v) is 3.31. The molecule has 166 valence electrons. The van der Waals surface area contributed by atoms with Crippen molar-refractivity contribution < 1.29 is 9.18 Å². The lowest BCUT2D eigenvalue weighted by molar-refractivity contribution is 0.0941. The summed E-state index contributed by atoms with van der Waals surface area (Å²) in [5, 5.41) is 6.66. The molecular formula is C24H20FN5O3. The largest absolute Gasteiger partial charge is 0.352 e. The minimum atomic E-state index is -0.816. The SMILES string of the molecule is Cc1cccc(Cn2c(=O)c(C(=O)NCc3cccnc3)nn(-c3ccc(F)cc3)c2=O)c1. The minimum Gasteiger partial charge on any atom is -0.346 e. The van der Waals surface area contributed by atoms with E-state index < -0.39 is 28.7 Å². The Morgan fingerprint density at radius 3 is 2.48 bits per heavy atom. The Morgan fingerprint density at radius 1 is 1.03 bits per heavy atom. The second-order valence-corrected chi connectivity index (χ2v) is 7.44. The van der Waals surface area contributed by atoms with Gasteiger partial charge in [0.1, 0.15) is 5.82 Å². The summed E-state index contributed by atoms with van der Waals surface area (Å²) < 4.78 is 15.3. The summed E-state index contributed by atoms with van der Waals surface area (Å²) in [4.78, 5) is 43.1. The lowest BCUT2D eigenvalue weighted by Crippen LogP contribution is -2.46. The second-order valence-electron chi connectivity index (χ2n) is 7.44. The summed E-state index contributed by atoms with van der Waals surface area (Å²) in [6.07, 6.45) is 3.19. The average molecular weight is 445 g/mol. The summed E-state index contributed by atoms with van der Waals surface area (Å²) in [6.45, 7) is 1.97. The highest BCUT2D eigenvalue weighted by atomic mass is 19.1. The van der Waals surface area contributed by atoms with E-state index in [1.54, 1.807) is 30.6 Å². The maximum absolute atomic E-state index is 13.4. The molecule has 4 aromatic rings. The number of hydrogen-bond donors (Lipinski definition) is 1. The van der Waals surface area contributed by atoms with Gasteiger partial charge in [0.15, 0.2) is 0 Å². The highest BCUT2D eigenvalue weighted by Gasteiger charge is 2.20. The van der Waals surface area contributed by atoms with Crippen LogP contribution in [0.3, 0.4) is 0 Å². The van der Waals surface area contributed by atoms with Gasteiger partial charge in [-0.15, -0.1) is 0 Å². The van der Waals surface area contributed by atoms with Crippen LogP contribution in [0.4, 0.5) is 4.39 Å². The van der Waals surface area contributed by atoms with Gasteiger partial charge in [0, 0.05) is 18.9 Å². The van der Waals surface area contributed by atoms with Gasteiger partial charge in [-0.3, -0.25) is 19.1 Å². The van der Waals surface area contributed by atoms with Crippen LogP contribution in [0.2, 0.25) is 0 Å². The first kappa shape index (κ1) is 21.8. The van der Waals surface area contributed by atoms with Crippen molar-refractivity contribution in [1.29, 1.82) is 0 Å². The van der Waals surface area contributed by atoms with E-state index >= 15 is 0 Å². The first-order valence-corrected chi connectivity index (χ1v) is 10.1. The van der Waals surface area contributed by atoms with Crippen molar-refractivity contribution in [3.8, 4) is 5.69 Å². The van der Waals surface area contributed by atoms with Crippen molar-refractivity contribution in [3.05, 3.63) is 122 Å². The number of carbonyl (C=O) groups excluding carboxylic acids is 1. The fourth-order valence-electron chi connectivity index (χ4n) is 3.31. The van der Waals surface area contributed by atoms with Crippen LogP contribution in [-0.2, 0) is 13.1 Å². The van der Waals surface area contributed by atoms with Gasteiger partial charge in [0.05, 0.1) is 12.2 Å². The van der Waals surface area contributed by atoms with Crippen LogP contribution in [0.25, 0.3) is 5.69 Å². The van der Waals surface area contributed by atoms with Crippen LogP contribution in [-0.4, -0.2) is 25.2 Å². The molecule has 1 amide bonds. The topological polar surface area (TPSA) is 98.9 Å². The maximum Gasteiger partial charge on any atom is 0.352 e. The lowest BCUT2D eigenvalue weighted by Gasteiger charge is -2.13. The Morgan fingerprint density at radius 2 is 1.79 bits per heavy atom. The van der Waals surface area contributed by atoms with Crippen LogP contribution in [0, 0.1) is 12.7 Å². The molecule has 0 saturated carbocycles. The summed E-state index contributed by atoms with van der Waals surface area (Å²) in [6, 6.07) is 15.9. The number of hydrogen-bond acceptors (Lipinski definition) is 5. The molecule has 2 heterocycles. The van der Waals surface area contributed by atoms with Gasteiger partial charge in [-0.2, -0.15) is 9.78 Å². The normalized spacial score (nSPS) is 10.7. The van der Waals surface area contributed by atoms with Crippen LogP contribution < -0.4 is 16.6 Å². The molecule has 1 N–H and O–H groups in total. The predicted octanol–water partition coefficient (Wildman–Crippen LogP) is 2.22. The van der Waals surface area contributed by atoms with Crippen LogP contribution in [0.5, 0.6) is 0 Å². The zero-order chi connectivity index (χ0) is 23.4. The van der Waals surface area contributed by atoms with Crippen molar-refractivity contribution in [3.63, 3.8) is 0 Å². The monoisotopic (exact) mass is 445 g/mol. The predicted molar refractivity (Wildman–Crippen MR) is 120 cm³/mol. The van der Waals surface area contributed by atoms with Crippen molar-refractivity contribution in [1.82, 2.24) is 24.6 Å². The first-order valence-electron chi connectivity index (χ1n) is 10.1. The highest BCUT2D eigenvalue weighted by Crippen LogP contribution is 2.07. The Labute approximate surface area is 188 Å². The van der Waals surface area contributed by atoms with Crippen molar-refractivity contribution >= 4 is 5.91 Å². The number of rotatable bonds is 6. The maximum atomic E-state index is 13.4. The Kier molecular flexibility index (Phi) is 6.21. The zero-order valence-electron chi connectivity index (χ0n) is 17.7. The van der Waals surface area contributed by atoms with Gasteiger partial charge >= 0.3 is 5.69 Å². The molecule has 8 nitrogen and oxygen atoms in total. The van der Waals surface area contributed by atoms with Crippen LogP contribution >= 0.6 is 0 Å². The molecule has 0 bridgehead atoms. The molecule has 33 heavy (non-hydrogen) atoms. The number of benzene rings is 2. The summed E-state index contributed by atoms with van der Waals surface area (Å²) in [5.74, 6) is -1.23. The molecule has 9 heteroatoms. The number of aryl methyl sites for hydroxylation is 1. The third-order valence-electron chi connectivity index (χ3n) is 4.95. The Balaban J connectivity index is 1.78. The van der Waals surface area contributed by atoms with E-state index in [1.165, 1.54) is 24.3 Å². The van der Waals surface area contributed by atoms with Gasteiger partial charge in [-0.25, -0.2) is 9.18 Å². The first-order chi connectivity index (χ1) is 15.9. The number of nitrogens with zero attached hydrogens (tertiary/aromatic N) is 4. The minimum absolute atomic E-state index is 0.0497. The fraction of sp³-hybridized carbons (Fsp3) is 0.125. The average Bonchev–Trinajstić information content (AvgIpc) is 2.82. The smallest absolute Gasteiger partial charge is 0.346 e. The van der Waals surface area contributed by atoms with E-state index in [2.05, 4.69) is 15.4 Å². The molecule has 2 aromatic carbocycles. The number of amides is 1. The quantitative estimate of drug-likeness (QED) is 0.491. The number of carbonyl (C=O) groups is 1. The van der Waals surface area contributed by atoms with Gasteiger partial charge in [0.25, 0.3) is 11.5 Å². The van der Waals surface area contributed by atoms with Crippen molar-refractivity contribution in [2.75, 3.05) is 0 Å². The van der Waals surface area contributed by atoms with E-state index in [9.17, 15) is 18.8 Å². The molecule has 0 aliphatic rings. The lowest BCUT2D eigenvalue weighted by atomic mass is 10.1. The Hall–Kier alpha value is -4.40. The van der Waals surface area contributed by atoms with E-state index in [0.29, 0.717) is 5.56 Å². The van der Waals surface area contributed by atoms with Gasteiger partial charge in [0.2, 0.25) is 5.69 Å². The summed E-state index contributed by atoms with van der Waals surface area (Å²) in [7, 11) is 0. The molecule has 0 aliphatic heterocycles. The second kappa shape index (κ2) is 9.39. The molecule has 0 unspecified atom stereocenters. The van der Waals surface area contributed by atoms with Gasteiger partial charge in [-0.1, -0.05) is 35.9 Å². The highest BCUT2D eigenvalue weighted by molar-refractivity contribution is 5.91. The van der Waals surface area contributed by atoms with E-state index in [0.717, 1.165) is 20.4 Å². The van der Waals surface area contributed by atoms with E-state index in [1.807, 2.05) is 25.1 Å². The summed E-state index contributed by atoms with van der Waals surface area (Å²) >= 11 is 0. The van der Waals surface area contributed by atoms with Crippen LogP contribution in [0.15, 0.2) is 82.6 Å². The number of nitrogens with one attached hydrogen (secondary N) is 1. The number of pyridine rings is 1. The van der Waals surface area contributed by atoms with E-state index in [4.69, 9.17) is 0 Å². The molecule has 0 atom stereocenters. The van der Waals surface area contributed by atoms with Crippen molar-refractivity contribution in [2.45, 2.75) is 20.0 Å². The van der Waals surface area contributed by atoms with Crippen molar-refractivity contribution in [2.24, 2.45) is 0 Å². The molecule has 0 fully saturated rings.